The van der Waals surface area contributed by atoms with E-state index in [0.29, 0.717) is 24.5 Å². The predicted octanol–water partition coefficient (Wildman–Crippen LogP) is 4.68. The Balaban J connectivity index is 2.16. The molecule has 0 aliphatic rings. The van der Waals surface area contributed by atoms with Crippen molar-refractivity contribution in [3.63, 3.8) is 0 Å². The molecule has 0 heterocycles. The average molecular weight is 419 g/mol. The molecule has 2 rings (SSSR count). The summed E-state index contributed by atoms with van der Waals surface area (Å²) >= 11 is 7.37. The summed E-state index contributed by atoms with van der Waals surface area (Å²) in [7, 11) is 0. The van der Waals surface area contributed by atoms with Crippen LogP contribution in [-0.4, -0.2) is 35.1 Å². The molecule has 2 amide bonds. The minimum absolute atomic E-state index is 0.0568. The molecular formula is C22H27ClN2O2S. The predicted molar refractivity (Wildman–Crippen MR) is 117 cm³/mol. The van der Waals surface area contributed by atoms with Gasteiger partial charge in [-0.15, -0.1) is 11.8 Å². The molecule has 0 aliphatic carbocycles. The summed E-state index contributed by atoms with van der Waals surface area (Å²) in [4.78, 5) is 28.3. The number of amides is 2. The third kappa shape index (κ3) is 6.57. The number of halogens is 1. The van der Waals surface area contributed by atoms with Crippen LogP contribution in [0.1, 0.15) is 31.4 Å². The van der Waals surface area contributed by atoms with E-state index >= 15 is 0 Å². The van der Waals surface area contributed by atoms with E-state index in [1.54, 1.807) is 4.90 Å². The molecule has 0 saturated heterocycles. The van der Waals surface area contributed by atoms with Crippen LogP contribution in [0, 0.1) is 6.92 Å². The number of hydrogen-bond donors (Lipinski definition) is 1. The number of benzene rings is 2. The fraction of sp³-hybridized carbons (Fsp3) is 0.364. The SMILES string of the molecule is CCNC(=O)C(CC)N(Cc1ccc(C)cc1)C(=O)CSc1ccc(Cl)cc1. The van der Waals surface area contributed by atoms with Gasteiger partial charge in [0.05, 0.1) is 5.75 Å². The molecule has 0 bridgehead atoms. The Bertz CT molecular complexity index is 778. The molecule has 150 valence electrons. The van der Waals surface area contributed by atoms with Crippen LogP contribution in [-0.2, 0) is 16.1 Å². The van der Waals surface area contributed by atoms with Crippen molar-refractivity contribution in [2.24, 2.45) is 0 Å². The second-order valence-electron chi connectivity index (χ2n) is 6.57. The van der Waals surface area contributed by atoms with Gasteiger partial charge in [-0.25, -0.2) is 0 Å². The zero-order valence-electron chi connectivity index (χ0n) is 16.6. The Labute approximate surface area is 176 Å². The molecular weight excluding hydrogens is 392 g/mol. The summed E-state index contributed by atoms with van der Waals surface area (Å²) in [6, 6.07) is 15.0. The van der Waals surface area contributed by atoms with Crippen LogP contribution in [0.5, 0.6) is 0 Å². The van der Waals surface area contributed by atoms with Crippen LogP contribution in [0.4, 0.5) is 0 Å². The highest BCUT2D eigenvalue weighted by molar-refractivity contribution is 8.00. The van der Waals surface area contributed by atoms with Gasteiger partial charge in [-0.2, -0.15) is 0 Å². The largest absolute Gasteiger partial charge is 0.355 e. The maximum atomic E-state index is 13.1. The zero-order valence-corrected chi connectivity index (χ0v) is 18.1. The number of aryl methyl sites for hydroxylation is 1. The third-order valence-corrected chi connectivity index (χ3v) is 5.64. The number of thioether (sulfide) groups is 1. The van der Waals surface area contributed by atoms with E-state index in [1.807, 2.05) is 69.3 Å². The first-order valence-corrected chi connectivity index (χ1v) is 10.8. The number of nitrogens with one attached hydrogen (secondary N) is 1. The summed E-state index contributed by atoms with van der Waals surface area (Å²) in [6.07, 6.45) is 0.565. The molecule has 28 heavy (non-hydrogen) atoms. The Morgan fingerprint density at radius 2 is 1.71 bits per heavy atom. The van der Waals surface area contributed by atoms with Gasteiger partial charge in [0.1, 0.15) is 6.04 Å². The van der Waals surface area contributed by atoms with Crippen LogP contribution in [0.15, 0.2) is 53.4 Å². The number of hydrogen-bond acceptors (Lipinski definition) is 3. The van der Waals surface area contributed by atoms with E-state index in [2.05, 4.69) is 5.32 Å². The lowest BCUT2D eigenvalue weighted by Gasteiger charge is -2.30. The Morgan fingerprint density at radius 3 is 2.29 bits per heavy atom. The van der Waals surface area contributed by atoms with Crippen LogP contribution in [0.3, 0.4) is 0 Å². The van der Waals surface area contributed by atoms with Crippen LogP contribution in [0.2, 0.25) is 5.02 Å². The summed E-state index contributed by atoms with van der Waals surface area (Å²) in [5, 5.41) is 3.52. The van der Waals surface area contributed by atoms with E-state index in [4.69, 9.17) is 11.6 Å². The summed E-state index contributed by atoms with van der Waals surface area (Å²) in [6.45, 7) is 6.80. The van der Waals surface area contributed by atoms with Crippen molar-refractivity contribution in [1.82, 2.24) is 10.2 Å². The second kappa shape index (κ2) is 11.1. The Kier molecular flexibility index (Phi) is 8.87. The number of carbonyl (C=O) groups is 2. The molecule has 0 spiro atoms. The van der Waals surface area contributed by atoms with Crippen LogP contribution in [0.25, 0.3) is 0 Å². The monoisotopic (exact) mass is 418 g/mol. The van der Waals surface area contributed by atoms with E-state index in [0.717, 1.165) is 16.0 Å². The van der Waals surface area contributed by atoms with Gasteiger partial charge in [-0.1, -0.05) is 48.4 Å². The normalized spacial score (nSPS) is 11.7. The summed E-state index contributed by atoms with van der Waals surface area (Å²) in [5.41, 5.74) is 2.17. The lowest BCUT2D eigenvalue weighted by atomic mass is 10.1. The average Bonchev–Trinajstić information content (AvgIpc) is 2.69. The van der Waals surface area contributed by atoms with Crippen molar-refractivity contribution < 1.29 is 9.59 Å². The Morgan fingerprint density at radius 1 is 1.07 bits per heavy atom. The van der Waals surface area contributed by atoms with Crippen molar-refractivity contribution in [1.29, 1.82) is 0 Å². The van der Waals surface area contributed by atoms with Crippen molar-refractivity contribution in [2.75, 3.05) is 12.3 Å². The minimum atomic E-state index is -0.487. The molecule has 1 unspecified atom stereocenters. The van der Waals surface area contributed by atoms with Crippen LogP contribution < -0.4 is 5.32 Å². The first-order valence-electron chi connectivity index (χ1n) is 9.45. The van der Waals surface area contributed by atoms with Gasteiger partial charge in [0.2, 0.25) is 11.8 Å². The van der Waals surface area contributed by atoms with Gasteiger partial charge in [0.25, 0.3) is 0 Å². The lowest BCUT2D eigenvalue weighted by molar-refractivity contribution is -0.139. The van der Waals surface area contributed by atoms with Crippen LogP contribution >= 0.6 is 23.4 Å². The standard InChI is InChI=1S/C22H27ClN2O2S/c1-4-20(22(27)24-5-2)25(14-17-8-6-16(3)7-9-17)21(26)15-28-19-12-10-18(23)11-13-19/h6-13,20H,4-5,14-15H2,1-3H3,(H,24,27). The summed E-state index contributed by atoms with van der Waals surface area (Å²) in [5.74, 6) is 0.101. The molecule has 6 heteroatoms. The van der Waals surface area contributed by atoms with Gasteiger partial charge in [-0.3, -0.25) is 9.59 Å². The first-order chi connectivity index (χ1) is 13.4. The molecule has 4 nitrogen and oxygen atoms in total. The molecule has 0 fully saturated rings. The topological polar surface area (TPSA) is 49.4 Å². The van der Waals surface area contributed by atoms with E-state index in [1.165, 1.54) is 11.8 Å². The molecule has 2 aromatic rings. The van der Waals surface area contributed by atoms with Gasteiger partial charge >= 0.3 is 0 Å². The number of carbonyl (C=O) groups excluding carboxylic acids is 2. The first kappa shape index (κ1) is 22.3. The fourth-order valence-electron chi connectivity index (χ4n) is 2.86. The maximum Gasteiger partial charge on any atom is 0.242 e. The maximum absolute atomic E-state index is 13.1. The number of rotatable bonds is 9. The van der Waals surface area contributed by atoms with Gasteiger partial charge in [0, 0.05) is 23.0 Å². The number of nitrogens with zero attached hydrogens (tertiary/aromatic N) is 1. The quantitative estimate of drug-likeness (QED) is 0.601. The highest BCUT2D eigenvalue weighted by Gasteiger charge is 2.28. The van der Waals surface area contributed by atoms with Crippen molar-refractivity contribution in [3.8, 4) is 0 Å². The third-order valence-electron chi connectivity index (χ3n) is 4.39. The van der Waals surface area contributed by atoms with Crippen molar-refractivity contribution >= 4 is 35.2 Å². The summed E-state index contributed by atoms with van der Waals surface area (Å²) < 4.78 is 0. The molecule has 0 saturated carbocycles. The highest BCUT2D eigenvalue weighted by Crippen LogP contribution is 2.22. The van der Waals surface area contributed by atoms with Crippen molar-refractivity contribution in [3.05, 3.63) is 64.7 Å². The van der Waals surface area contributed by atoms with Gasteiger partial charge < -0.3 is 10.2 Å². The lowest BCUT2D eigenvalue weighted by Crippen LogP contribution is -2.49. The van der Waals surface area contributed by atoms with Gasteiger partial charge in [-0.05, 0) is 50.1 Å². The fourth-order valence-corrected chi connectivity index (χ4v) is 3.77. The van der Waals surface area contributed by atoms with Crippen molar-refractivity contribution in [2.45, 2.75) is 44.7 Å². The molecule has 1 atom stereocenters. The molecule has 0 aliphatic heterocycles. The second-order valence-corrected chi connectivity index (χ2v) is 8.05. The molecule has 0 radical (unpaired) electrons. The van der Waals surface area contributed by atoms with E-state index < -0.39 is 6.04 Å². The van der Waals surface area contributed by atoms with Gasteiger partial charge in [0.15, 0.2) is 0 Å². The smallest absolute Gasteiger partial charge is 0.242 e. The Hall–Kier alpha value is -1.98. The highest BCUT2D eigenvalue weighted by atomic mass is 35.5. The molecule has 0 aromatic heterocycles. The van der Waals surface area contributed by atoms with E-state index in [-0.39, 0.29) is 17.6 Å². The number of likely N-dealkylation sites (N-methyl/N-ethyl adjacent to an activating group) is 1. The minimum Gasteiger partial charge on any atom is -0.355 e. The molecule has 1 N–H and O–H groups in total. The van der Waals surface area contributed by atoms with E-state index in [9.17, 15) is 9.59 Å². The zero-order chi connectivity index (χ0) is 20.5. The molecule has 2 aromatic carbocycles.